The molecule has 0 aromatic heterocycles. The van der Waals surface area contributed by atoms with Gasteiger partial charge in [-0.05, 0) is 61.4 Å². The number of fused-ring (bicyclic) bond motifs is 1. The molecule has 3 aromatic carbocycles. The van der Waals surface area contributed by atoms with E-state index in [2.05, 4.69) is 21.2 Å². The minimum atomic E-state index is -0.327. The first-order chi connectivity index (χ1) is 15.5. The van der Waals surface area contributed by atoms with Gasteiger partial charge < -0.3 is 15.4 Å². The summed E-state index contributed by atoms with van der Waals surface area (Å²) in [5, 5.41) is 9.84. The summed E-state index contributed by atoms with van der Waals surface area (Å²) in [4.78, 5) is 25.5. The number of carbonyl (C=O) groups excluding carboxylic acids is 2. The number of hydrogen-bond donors (Lipinski definition) is 3. The first-order valence-corrected chi connectivity index (χ1v) is 11.0. The molecule has 0 unspecified atom stereocenters. The van der Waals surface area contributed by atoms with E-state index in [9.17, 15) is 9.59 Å². The van der Waals surface area contributed by atoms with Gasteiger partial charge in [-0.1, -0.05) is 30.3 Å². The van der Waals surface area contributed by atoms with E-state index >= 15 is 0 Å². The minimum Gasteiger partial charge on any atom is -0.440 e. The Morgan fingerprint density at radius 2 is 1.72 bits per heavy atom. The van der Waals surface area contributed by atoms with E-state index in [-0.39, 0.29) is 11.9 Å². The Balaban J connectivity index is 1.42. The van der Waals surface area contributed by atoms with Crippen molar-refractivity contribution in [3.8, 4) is 5.75 Å². The van der Waals surface area contributed by atoms with Crippen molar-refractivity contribution in [3.05, 3.63) is 83.4 Å². The van der Waals surface area contributed by atoms with Crippen LogP contribution in [0.5, 0.6) is 5.75 Å². The number of aryl methyl sites for hydroxylation is 2. The number of urea groups is 1. The molecule has 0 saturated heterocycles. The van der Waals surface area contributed by atoms with Crippen LogP contribution in [0.1, 0.15) is 21.5 Å². The zero-order valence-electron chi connectivity index (χ0n) is 17.6. The molecule has 0 radical (unpaired) electrons. The molecule has 1 aliphatic rings. The van der Waals surface area contributed by atoms with Crippen LogP contribution in [0.15, 0.2) is 76.7 Å². The monoisotopic (exact) mass is 446 g/mol. The number of nitrogens with zero attached hydrogens (tertiary/aromatic N) is 1. The highest BCUT2D eigenvalue weighted by Crippen LogP contribution is 2.28. The average Bonchev–Trinajstić information content (AvgIpc) is 2.91. The molecule has 4 rings (SSSR count). The van der Waals surface area contributed by atoms with Gasteiger partial charge in [0.15, 0.2) is 0 Å². The topological polar surface area (TPSA) is 91.8 Å². The fourth-order valence-corrected chi connectivity index (χ4v) is 4.15. The van der Waals surface area contributed by atoms with E-state index in [4.69, 9.17) is 4.74 Å². The van der Waals surface area contributed by atoms with Crippen molar-refractivity contribution in [1.82, 2.24) is 5.43 Å². The lowest BCUT2D eigenvalue weighted by Gasteiger charge is -2.13. The number of amides is 3. The third-order valence-electron chi connectivity index (χ3n) is 4.61. The van der Waals surface area contributed by atoms with Crippen LogP contribution < -0.4 is 20.8 Å². The molecule has 162 valence electrons. The molecule has 7 nitrogen and oxygen atoms in total. The van der Waals surface area contributed by atoms with E-state index in [0.29, 0.717) is 28.7 Å². The molecule has 0 fully saturated rings. The average molecular weight is 447 g/mol. The first-order valence-electron chi connectivity index (χ1n) is 10.00. The highest BCUT2D eigenvalue weighted by molar-refractivity contribution is 8.00. The van der Waals surface area contributed by atoms with Crippen LogP contribution in [0.25, 0.3) is 0 Å². The highest BCUT2D eigenvalue weighted by atomic mass is 32.2. The second-order valence-electron chi connectivity index (χ2n) is 7.29. The van der Waals surface area contributed by atoms with Crippen molar-refractivity contribution in [3.63, 3.8) is 0 Å². The predicted octanol–water partition coefficient (Wildman–Crippen LogP) is 5.18. The van der Waals surface area contributed by atoms with E-state index < -0.39 is 0 Å². The van der Waals surface area contributed by atoms with Gasteiger partial charge >= 0.3 is 6.03 Å². The van der Waals surface area contributed by atoms with E-state index in [1.807, 2.05) is 56.3 Å². The summed E-state index contributed by atoms with van der Waals surface area (Å²) < 4.78 is 5.82. The Morgan fingerprint density at radius 1 is 1.00 bits per heavy atom. The summed E-state index contributed by atoms with van der Waals surface area (Å²) in [7, 11) is 0. The molecule has 1 heterocycles. The maximum atomic E-state index is 12.6. The molecule has 1 aliphatic heterocycles. The Bertz CT molecular complexity index is 1190. The van der Waals surface area contributed by atoms with Gasteiger partial charge in [0.05, 0.1) is 17.0 Å². The van der Waals surface area contributed by atoms with E-state index in [1.54, 1.807) is 24.3 Å². The lowest BCUT2D eigenvalue weighted by molar-refractivity contribution is 0.0955. The summed E-state index contributed by atoms with van der Waals surface area (Å²) in [5.74, 6) is 0.876. The Hall–Kier alpha value is -3.78. The molecule has 3 aromatic rings. The zero-order chi connectivity index (χ0) is 22.5. The van der Waals surface area contributed by atoms with Crippen LogP contribution in [0.4, 0.5) is 16.2 Å². The maximum absolute atomic E-state index is 12.6. The summed E-state index contributed by atoms with van der Waals surface area (Å²) in [5.41, 5.74) is 6.49. The number of rotatable bonds is 5. The van der Waals surface area contributed by atoms with Crippen molar-refractivity contribution < 1.29 is 14.3 Å². The normalized spacial score (nSPS) is 12.6. The van der Waals surface area contributed by atoms with Gasteiger partial charge in [-0.15, -0.1) is 16.9 Å². The quantitative estimate of drug-likeness (QED) is 0.471. The molecule has 0 bridgehead atoms. The molecule has 0 atom stereocenters. The van der Waals surface area contributed by atoms with E-state index in [0.717, 1.165) is 21.7 Å². The Kier molecular flexibility index (Phi) is 6.42. The molecular formula is C24H22N4O3S. The van der Waals surface area contributed by atoms with Gasteiger partial charge in [0.1, 0.15) is 5.75 Å². The molecular weight excluding hydrogens is 424 g/mol. The van der Waals surface area contributed by atoms with E-state index in [1.165, 1.54) is 11.8 Å². The van der Waals surface area contributed by atoms with Gasteiger partial charge in [-0.25, -0.2) is 10.2 Å². The SMILES string of the molecule is Cc1cc(C)cc(NC(=O)Nc2ccccc2SCC2=NNC(=O)c3ccccc3O2)c1. The Morgan fingerprint density at radius 3 is 2.53 bits per heavy atom. The van der Waals surface area contributed by atoms with Gasteiger partial charge in [-0.2, -0.15) is 0 Å². The first kappa shape index (κ1) is 21.5. The number of nitrogens with one attached hydrogen (secondary N) is 3. The number of benzene rings is 3. The summed E-state index contributed by atoms with van der Waals surface area (Å²) in [6, 6.07) is 20.0. The lowest BCUT2D eigenvalue weighted by atomic mass is 10.1. The Labute approximate surface area is 190 Å². The lowest BCUT2D eigenvalue weighted by Crippen LogP contribution is -2.20. The summed E-state index contributed by atoms with van der Waals surface area (Å²) in [6.45, 7) is 3.97. The minimum absolute atomic E-state index is 0.314. The number of ether oxygens (including phenoxy) is 1. The van der Waals surface area contributed by atoms with Crippen molar-refractivity contribution >= 4 is 41.0 Å². The van der Waals surface area contributed by atoms with Crippen LogP contribution >= 0.6 is 11.8 Å². The third kappa shape index (κ3) is 5.28. The largest absolute Gasteiger partial charge is 0.440 e. The molecule has 0 aliphatic carbocycles. The van der Waals surface area contributed by atoms with Crippen molar-refractivity contribution in [2.45, 2.75) is 18.7 Å². The zero-order valence-corrected chi connectivity index (χ0v) is 18.5. The van der Waals surface area contributed by atoms with Gasteiger partial charge in [0, 0.05) is 10.6 Å². The van der Waals surface area contributed by atoms with Crippen molar-refractivity contribution in [1.29, 1.82) is 0 Å². The number of hydrogen-bond acceptors (Lipinski definition) is 5. The number of para-hydroxylation sites is 2. The van der Waals surface area contributed by atoms with Crippen molar-refractivity contribution in [2.24, 2.45) is 5.10 Å². The van der Waals surface area contributed by atoms with Gasteiger partial charge in [0.25, 0.3) is 5.91 Å². The maximum Gasteiger partial charge on any atom is 0.323 e. The molecule has 0 saturated carbocycles. The molecule has 3 amide bonds. The highest BCUT2D eigenvalue weighted by Gasteiger charge is 2.18. The van der Waals surface area contributed by atoms with Crippen LogP contribution in [-0.2, 0) is 0 Å². The number of thioether (sulfide) groups is 1. The fourth-order valence-electron chi connectivity index (χ4n) is 3.29. The van der Waals surface area contributed by atoms with Crippen LogP contribution in [-0.4, -0.2) is 23.6 Å². The van der Waals surface area contributed by atoms with Gasteiger partial charge in [-0.3, -0.25) is 4.79 Å². The molecule has 3 N–H and O–H groups in total. The second-order valence-corrected chi connectivity index (χ2v) is 8.30. The summed E-state index contributed by atoms with van der Waals surface area (Å²) >= 11 is 1.44. The molecule has 8 heteroatoms. The fraction of sp³-hybridized carbons (Fsp3) is 0.125. The number of hydrazone groups is 1. The van der Waals surface area contributed by atoms with Crippen LogP contribution in [0.3, 0.4) is 0 Å². The smallest absolute Gasteiger partial charge is 0.323 e. The standard InChI is InChI=1S/C24H22N4O3S/c1-15-11-16(2)13-17(12-15)25-24(30)26-19-8-4-6-10-21(19)32-14-22-27-28-23(29)18-7-3-5-9-20(18)31-22/h3-13H,14H2,1-2H3,(H,28,29)(H2,25,26,30). The third-order valence-corrected chi connectivity index (χ3v) is 5.67. The number of carbonyl (C=O) groups is 2. The number of anilines is 2. The molecule has 32 heavy (non-hydrogen) atoms. The second kappa shape index (κ2) is 9.57. The predicted molar refractivity (Wildman–Crippen MR) is 128 cm³/mol. The summed E-state index contributed by atoms with van der Waals surface area (Å²) in [6.07, 6.45) is 0. The molecule has 0 spiro atoms. The van der Waals surface area contributed by atoms with Crippen LogP contribution in [0.2, 0.25) is 0 Å². The van der Waals surface area contributed by atoms with Crippen LogP contribution in [0, 0.1) is 13.8 Å². The van der Waals surface area contributed by atoms with Gasteiger partial charge in [0.2, 0.25) is 5.90 Å². The van der Waals surface area contributed by atoms with Crippen molar-refractivity contribution in [2.75, 3.05) is 16.4 Å².